The van der Waals surface area contributed by atoms with Crippen molar-refractivity contribution in [3.05, 3.63) is 39.9 Å². The van der Waals surface area contributed by atoms with Gasteiger partial charge in [-0.15, -0.1) is 5.10 Å². The third-order valence-corrected chi connectivity index (χ3v) is 3.23. The average Bonchev–Trinajstić information content (AvgIpc) is 2.59. The number of nitro groups is 1. The maximum absolute atomic E-state index is 10.8. The fraction of sp³-hybridized carbons (Fsp3) is 0.231. The van der Waals surface area contributed by atoms with E-state index in [1.54, 1.807) is 33.2 Å². The van der Waals surface area contributed by atoms with Gasteiger partial charge in [0.15, 0.2) is 0 Å². The number of nitro benzene ring substituents is 1. The molecule has 1 radical (unpaired) electrons. The van der Waals surface area contributed by atoms with Crippen molar-refractivity contribution in [2.24, 2.45) is 20.4 Å². The van der Waals surface area contributed by atoms with E-state index in [4.69, 9.17) is 25.3 Å². The number of nitrogens with one attached hydrogen (secondary N) is 2. The van der Waals surface area contributed by atoms with Crippen LogP contribution in [0.2, 0.25) is 0 Å². The molecule has 0 aliphatic rings. The Morgan fingerprint density at radius 2 is 1.48 bits per heavy atom. The molecule has 0 unspecified atom stereocenters. The molecule has 0 spiro atoms. The standard InChI is InChI=1S/C13H17N7O2S2.Cu/c1-8(16-18-12(23)14-2)11(17-19-13(24)15-3)9-4-6-10(7-5-9)20(21)22;/h4-7H,1-3H3,(H2,14,18,23)(H2,15,19,24);/q;+2/p-2/b16-8+,17-11-;. The van der Waals surface area contributed by atoms with Gasteiger partial charge in [0.1, 0.15) is 5.71 Å². The smallest absolute Gasteiger partial charge is 0.741 e. The van der Waals surface area contributed by atoms with Gasteiger partial charge < -0.3 is 35.9 Å². The Morgan fingerprint density at radius 3 is 1.92 bits per heavy atom. The van der Waals surface area contributed by atoms with E-state index >= 15 is 0 Å². The quantitative estimate of drug-likeness (QED) is 0.180. The van der Waals surface area contributed by atoms with E-state index in [0.29, 0.717) is 17.0 Å². The molecule has 0 atom stereocenters. The molecule has 0 fully saturated rings. The second-order valence-electron chi connectivity index (χ2n) is 4.25. The van der Waals surface area contributed by atoms with Crippen LogP contribution < -0.4 is 10.6 Å². The number of non-ortho nitro benzene ring substituents is 1. The minimum absolute atomic E-state index is 0. The molecule has 0 amide bonds. The zero-order valence-corrected chi connectivity index (χ0v) is 16.1. The Morgan fingerprint density at radius 1 is 1.00 bits per heavy atom. The third-order valence-electron chi connectivity index (χ3n) is 2.65. The number of rotatable bonds is 5. The first kappa shape index (κ1) is 22.9. The van der Waals surface area contributed by atoms with Crippen LogP contribution in [-0.2, 0) is 42.3 Å². The van der Waals surface area contributed by atoms with Crippen molar-refractivity contribution >= 4 is 52.7 Å². The Balaban J connectivity index is 0.00000576. The molecule has 25 heavy (non-hydrogen) atoms. The second-order valence-corrected chi connectivity index (χ2v) is 5.02. The van der Waals surface area contributed by atoms with Crippen molar-refractivity contribution in [2.75, 3.05) is 14.1 Å². The van der Waals surface area contributed by atoms with Gasteiger partial charge in [0.2, 0.25) is 0 Å². The van der Waals surface area contributed by atoms with Crippen LogP contribution in [0.3, 0.4) is 0 Å². The summed E-state index contributed by atoms with van der Waals surface area (Å²) >= 11 is 9.82. The molecule has 1 aromatic rings. The summed E-state index contributed by atoms with van der Waals surface area (Å²) in [6, 6.07) is 5.82. The first-order chi connectivity index (χ1) is 11.4. The Labute approximate surface area is 166 Å². The van der Waals surface area contributed by atoms with E-state index in [1.807, 2.05) is 0 Å². The molecule has 0 aliphatic heterocycles. The van der Waals surface area contributed by atoms with Crippen LogP contribution in [0.25, 0.3) is 0 Å². The van der Waals surface area contributed by atoms with Gasteiger partial charge in [-0.2, -0.15) is 15.3 Å². The SMILES string of the molecule is CN/C([S-])=N/N=C(C)/C(=N/N=C(\[S-])NC)c1ccc([N+](=O)[O-])cc1.[Cu+2]. The summed E-state index contributed by atoms with van der Waals surface area (Å²) in [5, 5.41) is 32.2. The molecule has 9 nitrogen and oxygen atoms in total. The van der Waals surface area contributed by atoms with Gasteiger partial charge in [0.25, 0.3) is 5.69 Å². The number of hydrogen-bond donors (Lipinski definition) is 2. The maximum atomic E-state index is 10.8. The zero-order valence-electron chi connectivity index (χ0n) is 13.5. The summed E-state index contributed by atoms with van der Waals surface area (Å²) in [5.74, 6) is 0. The predicted molar refractivity (Wildman–Crippen MR) is 100 cm³/mol. The minimum atomic E-state index is -0.483. The van der Waals surface area contributed by atoms with E-state index in [9.17, 15) is 10.1 Å². The van der Waals surface area contributed by atoms with Crippen molar-refractivity contribution in [1.82, 2.24) is 10.6 Å². The first-order valence-electron chi connectivity index (χ1n) is 6.61. The van der Waals surface area contributed by atoms with E-state index < -0.39 is 4.92 Å². The van der Waals surface area contributed by atoms with Gasteiger partial charge in [0, 0.05) is 31.8 Å². The van der Waals surface area contributed by atoms with Gasteiger partial charge in [0.05, 0.1) is 10.6 Å². The molecule has 0 bridgehead atoms. The van der Waals surface area contributed by atoms with E-state index in [0.717, 1.165) is 0 Å². The maximum Gasteiger partial charge on any atom is 2.00 e. The average molecular weight is 429 g/mol. The minimum Gasteiger partial charge on any atom is -0.741 e. The van der Waals surface area contributed by atoms with Crippen molar-refractivity contribution < 1.29 is 22.0 Å². The fourth-order valence-corrected chi connectivity index (χ4v) is 1.52. The third kappa shape index (κ3) is 7.52. The second kappa shape index (κ2) is 11.4. The molecule has 0 aromatic heterocycles. The normalized spacial score (nSPS) is 13.1. The van der Waals surface area contributed by atoms with E-state index in [1.165, 1.54) is 12.1 Å². The summed E-state index contributed by atoms with van der Waals surface area (Å²) in [6.07, 6.45) is 0. The molecule has 137 valence electrons. The van der Waals surface area contributed by atoms with E-state index in [2.05, 4.69) is 31.0 Å². The van der Waals surface area contributed by atoms with Crippen LogP contribution in [-0.4, -0.2) is 40.8 Å². The largest absolute Gasteiger partial charge is 2.00 e. The van der Waals surface area contributed by atoms with Crippen LogP contribution in [0.15, 0.2) is 44.7 Å². The molecule has 0 aliphatic carbocycles. The molecule has 1 rings (SSSR count). The first-order valence-corrected chi connectivity index (χ1v) is 7.43. The number of nitrogens with zero attached hydrogens (tertiary/aromatic N) is 5. The summed E-state index contributed by atoms with van der Waals surface area (Å²) < 4.78 is 0. The van der Waals surface area contributed by atoms with Crippen molar-refractivity contribution in [2.45, 2.75) is 6.92 Å². The van der Waals surface area contributed by atoms with Crippen LogP contribution in [0, 0.1) is 10.1 Å². The van der Waals surface area contributed by atoms with Crippen molar-refractivity contribution in [3.63, 3.8) is 0 Å². The van der Waals surface area contributed by atoms with Gasteiger partial charge >= 0.3 is 17.1 Å². The molecule has 0 saturated carbocycles. The van der Waals surface area contributed by atoms with Crippen LogP contribution in [0.1, 0.15) is 12.5 Å². The Bertz CT molecular complexity index is 718. The molecular formula is C13H15CuN7O2S2. The monoisotopic (exact) mass is 428 g/mol. The van der Waals surface area contributed by atoms with E-state index in [-0.39, 0.29) is 33.1 Å². The predicted octanol–water partition coefficient (Wildman–Crippen LogP) is 0.917. The molecular weight excluding hydrogens is 414 g/mol. The fourth-order valence-electron chi connectivity index (χ4n) is 1.44. The van der Waals surface area contributed by atoms with Crippen molar-refractivity contribution in [3.8, 4) is 0 Å². The number of benzene rings is 1. The molecule has 2 N–H and O–H groups in total. The summed E-state index contributed by atoms with van der Waals surface area (Å²) in [5.41, 5.74) is 1.33. The number of amidine groups is 2. The summed E-state index contributed by atoms with van der Waals surface area (Å²) in [6.45, 7) is 1.67. The van der Waals surface area contributed by atoms with Gasteiger partial charge in [-0.1, -0.05) is 0 Å². The van der Waals surface area contributed by atoms with Gasteiger partial charge in [-0.05, 0) is 29.4 Å². The van der Waals surface area contributed by atoms with Crippen molar-refractivity contribution in [1.29, 1.82) is 0 Å². The topological polar surface area (TPSA) is 117 Å². The van der Waals surface area contributed by atoms with Gasteiger partial charge in [-0.25, -0.2) is 0 Å². The molecule has 0 saturated heterocycles. The zero-order chi connectivity index (χ0) is 18.1. The van der Waals surface area contributed by atoms with Crippen LogP contribution in [0.5, 0.6) is 0 Å². The van der Waals surface area contributed by atoms with Gasteiger partial charge in [-0.3, -0.25) is 10.1 Å². The molecule has 1 aromatic carbocycles. The Hall–Kier alpha value is -2.14. The summed E-state index contributed by atoms with van der Waals surface area (Å²) in [7, 11) is 3.25. The summed E-state index contributed by atoms with van der Waals surface area (Å²) in [4.78, 5) is 10.3. The molecule has 0 heterocycles. The van der Waals surface area contributed by atoms with Crippen LogP contribution >= 0.6 is 0 Å². The Kier molecular flexibility index (Phi) is 10.4. The number of hydrogen-bond acceptors (Lipinski definition) is 8. The molecule has 12 heteroatoms. The van der Waals surface area contributed by atoms with Crippen LogP contribution in [0.4, 0.5) is 5.69 Å².